The summed E-state index contributed by atoms with van der Waals surface area (Å²) in [6.07, 6.45) is 0. The van der Waals surface area contributed by atoms with E-state index in [0.717, 1.165) is 43.2 Å². The van der Waals surface area contributed by atoms with E-state index in [-0.39, 0.29) is 18.4 Å². The number of carbonyl (C=O) groups is 2. The van der Waals surface area contributed by atoms with Gasteiger partial charge in [0.25, 0.3) is 0 Å². The number of likely N-dealkylation sites (N-methyl/N-ethyl adjacent to an activating group) is 1. The first-order valence-electron chi connectivity index (χ1n) is 10.8. The Bertz CT molecular complexity index is 926. The Labute approximate surface area is 189 Å². The van der Waals surface area contributed by atoms with Gasteiger partial charge < -0.3 is 25.0 Å². The van der Waals surface area contributed by atoms with E-state index in [1.165, 1.54) is 0 Å². The monoisotopic (exact) mass is 440 g/mol. The molecular formula is C24H32N4O4. The van der Waals surface area contributed by atoms with Gasteiger partial charge in [0.2, 0.25) is 11.8 Å². The van der Waals surface area contributed by atoms with Gasteiger partial charge in [0.15, 0.2) is 0 Å². The summed E-state index contributed by atoms with van der Waals surface area (Å²) in [4.78, 5) is 29.2. The second kappa shape index (κ2) is 11.0. The lowest BCUT2D eigenvalue weighted by molar-refractivity contribution is -0.122. The predicted molar refractivity (Wildman–Crippen MR) is 127 cm³/mol. The molecule has 0 spiro atoms. The molecule has 32 heavy (non-hydrogen) atoms. The summed E-state index contributed by atoms with van der Waals surface area (Å²) in [5, 5.41) is 5.79. The molecule has 1 saturated heterocycles. The van der Waals surface area contributed by atoms with Crippen LogP contribution in [-0.2, 0) is 14.3 Å². The van der Waals surface area contributed by atoms with Crippen LogP contribution in [0.3, 0.4) is 0 Å². The van der Waals surface area contributed by atoms with Crippen molar-refractivity contribution in [3.8, 4) is 5.75 Å². The lowest BCUT2D eigenvalue weighted by atomic mass is 10.2. The molecule has 1 aliphatic rings. The van der Waals surface area contributed by atoms with Gasteiger partial charge in [-0.2, -0.15) is 0 Å². The standard InChI is InChI=1S/C24H32N4O4/c1-17-5-10-22(31-4)21(15-17)26-24(30)18(2)27(3)16-23(29)25-19-6-8-20(9-7-19)28-11-13-32-14-12-28/h5-10,15,18H,11-14,16H2,1-4H3,(H,25,29)(H,26,30). The van der Waals surface area contributed by atoms with Crippen LogP contribution in [0.25, 0.3) is 0 Å². The van der Waals surface area contributed by atoms with E-state index in [2.05, 4.69) is 15.5 Å². The quantitative estimate of drug-likeness (QED) is 0.657. The minimum absolute atomic E-state index is 0.0880. The van der Waals surface area contributed by atoms with Crippen molar-refractivity contribution in [2.75, 3.05) is 62.5 Å². The highest BCUT2D eigenvalue weighted by Crippen LogP contribution is 2.25. The Kier molecular flexibility index (Phi) is 8.08. The Morgan fingerprint density at radius 1 is 1.12 bits per heavy atom. The topological polar surface area (TPSA) is 83.1 Å². The average Bonchev–Trinajstić information content (AvgIpc) is 2.79. The van der Waals surface area contributed by atoms with Crippen molar-refractivity contribution in [1.29, 1.82) is 0 Å². The summed E-state index contributed by atoms with van der Waals surface area (Å²) < 4.78 is 10.7. The molecule has 2 aromatic carbocycles. The molecule has 1 unspecified atom stereocenters. The number of rotatable bonds is 8. The maximum Gasteiger partial charge on any atom is 0.241 e. The number of benzene rings is 2. The fourth-order valence-electron chi connectivity index (χ4n) is 3.50. The molecule has 0 bridgehead atoms. The summed E-state index contributed by atoms with van der Waals surface area (Å²) >= 11 is 0. The zero-order valence-corrected chi connectivity index (χ0v) is 19.2. The maximum atomic E-state index is 12.7. The number of hydrogen-bond acceptors (Lipinski definition) is 6. The van der Waals surface area contributed by atoms with Crippen molar-refractivity contribution in [1.82, 2.24) is 4.90 Å². The lowest BCUT2D eigenvalue weighted by Gasteiger charge is -2.29. The smallest absolute Gasteiger partial charge is 0.241 e. The van der Waals surface area contributed by atoms with Crippen molar-refractivity contribution in [2.45, 2.75) is 19.9 Å². The summed E-state index contributed by atoms with van der Waals surface area (Å²) in [6, 6.07) is 12.9. The van der Waals surface area contributed by atoms with Crippen molar-refractivity contribution in [2.24, 2.45) is 0 Å². The summed E-state index contributed by atoms with van der Waals surface area (Å²) in [7, 11) is 3.31. The minimum atomic E-state index is -0.505. The molecule has 1 aliphatic heterocycles. The first-order valence-corrected chi connectivity index (χ1v) is 10.8. The number of methoxy groups -OCH3 is 1. The third kappa shape index (κ3) is 6.21. The zero-order chi connectivity index (χ0) is 23.1. The van der Waals surface area contributed by atoms with Gasteiger partial charge in [0.05, 0.1) is 38.6 Å². The molecule has 0 aromatic heterocycles. The van der Waals surface area contributed by atoms with Gasteiger partial charge in [-0.1, -0.05) is 6.07 Å². The molecule has 2 aromatic rings. The molecular weight excluding hydrogens is 408 g/mol. The van der Waals surface area contributed by atoms with Gasteiger partial charge >= 0.3 is 0 Å². The van der Waals surface area contributed by atoms with Gasteiger partial charge in [-0.15, -0.1) is 0 Å². The Hall–Kier alpha value is -3.10. The molecule has 1 heterocycles. The van der Waals surface area contributed by atoms with Crippen molar-refractivity contribution >= 4 is 28.9 Å². The normalized spacial score (nSPS) is 14.7. The van der Waals surface area contributed by atoms with Crippen molar-refractivity contribution in [3.05, 3.63) is 48.0 Å². The number of morpholine rings is 1. The fourth-order valence-corrected chi connectivity index (χ4v) is 3.50. The van der Waals surface area contributed by atoms with Crippen molar-refractivity contribution in [3.63, 3.8) is 0 Å². The molecule has 172 valence electrons. The number of nitrogens with zero attached hydrogens (tertiary/aromatic N) is 2. The molecule has 3 rings (SSSR count). The third-order valence-electron chi connectivity index (χ3n) is 5.57. The number of amides is 2. The van der Waals surface area contributed by atoms with Crippen LogP contribution in [0.4, 0.5) is 17.1 Å². The van der Waals surface area contributed by atoms with Crippen LogP contribution in [0.5, 0.6) is 5.75 Å². The van der Waals surface area contributed by atoms with E-state index in [0.29, 0.717) is 11.4 Å². The highest BCUT2D eigenvalue weighted by Gasteiger charge is 2.21. The second-order valence-electron chi connectivity index (χ2n) is 7.98. The number of ether oxygens (including phenoxy) is 2. The first kappa shape index (κ1) is 23.6. The van der Waals surface area contributed by atoms with Gasteiger partial charge in [0.1, 0.15) is 5.75 Å². The molecule has 8 nitrogen and oxygen atoms in total. The maximum absolute atomic E-state index is 12.7. The number of aryl methyl sites for hydroxylation is 1. The van der Waals surface area contributed by atoms with Gasteiger partial charge in [0, 0.05) is 24.5 Å². The molecule has 1 atom stereocenters. The molecule has 8 heteroatoms. The molecule has 1 fully saturated rings. The van der Waals surface area contributed by atoms with Gasteiger partial charge in [-0.3, -0.25) is 14.5 Å². The summed E-state index contributed by atoms with van der Waals surface area (Å²) in [5.74, 6) is 0.204. The lowest BCUT2D eigenvalue weighted by Crippen LogP contribution is -2.43. The predicted octanol–water partition coefficient (Wildman–Crippen LogP) is 2.74. The van der Waals surface area contributed by atoms with Crippen LogP contribution >= 0.6 is 0 Å². The van der Waals surface area contributed by atoms with E-state index in [4.69, 9.17) is 9.47 Å². The van der Waals surface area contributed by atoms with Crippen LogP contribution in [0.2, 0.25) is 0 Å². The summed E-state index contributed by atoms with van der Waals surface area (Å²) in [6.45, 7) is 6.99. The SMILES string of the molecule is COc1ccc(C)cc1NC(=O)C(C)N(C)CC(=O)Nc1ccc(N2CCOCC2)cc1. The van der Waals surface area contributed by atoms with E-state index in [1.54, 1.807) is 26.0 Å². The largest absolute Gasteiger partial charge is 0.495 e. The van der Waals surface area contributed by atoms with Crippen molar-refractivity contribution < 1.29 is 19.1 Å². The van der Waals surface area contributed by atoms with Crippen LogP contribution < -0.4 is 20.3 Å². The molecule has 2 N–H and O–H groups in total. The third-order valence-corrected chi connectivity index (χ3v) is 5.57. The Morgan fingerprint density at radius 3 is 2.47 bits per heavy atom. The number of nitrogens with one attached hydrogen (secondary N) is 2. The number of carbonyl (C=O) groups excluding carboxylic acids is 2. The Morgan fingerprint density at radius 2 is 1.81 bits per heavy atom. The van der Waals surface area contributed by atoms with Crippen LogP contribution in [0.15, 0.2) is 42.5 Å². The van der Waals surface area contributed by atoms with Gasteiger partial charge in [-0.05, 0) is 62.9 Å². The van der Waals surface area contributed by atoms with E-state index in [9.17, 15) is 9.59 Å². The first-order chi connectivity index (χ1) is 15.4. The molecule has 0 radical (unpaired) electrons. The number of anilines is 3. The van der Waals surface area contributed by atoms with Crippen LogP contribution in [0.1, 0.15) is 12.5 Å². The van der Waals surface area contributed by atoms with Gasteiger partial charge in [-0.25, -0.2) is 0 Å². The summed E-state index contributed by atoms with van der Waals surface area (Å²) in [5.41, 5.74) is 3.46. The highest BCUT2D eigenvalue weighted by atomic mass is 16.5. The van der Waals surface area contributed by atoms with E-state index in [1.807, 2.05) is 49.4 Å². The van der Waals surface area contributed by atoms with Crippen LogP contribution in [-0.4, -0.2) is 69.8 Å². The molecule has 2 amide bonds. The number of hydrogen-bond donors (Lipinski definition) is 2. The highest BCUT2D eigenvalue weighted by molar-refractivity contribution is 5.97. The fraction of sp³-hybridized carbons (Fsp3) is 0.417. The molecule has 0 saturated carbocycles. The van der Waals surface area contributed by atoms with E-state index < -0.39 is 6.04 Å². The average molecular weight is 441 g/mol. The second-order valence-corrected chi connectivity index (χ2v) is 7.98. The zero-order valence-electron chi connectivity index (χ0n) is 19.2. The molecule has 0 aliphatic carbocycles. The van der Waals surface area contributed by atoms with E-state index >= 15 is 0 Å². The Balaban J connectivity index is 1.52. The van der Waals surface area contributed by atoms with Crippen LogP contribution in [0, 0.1) is 6.92 Å². The minimum Gasteiger partial charge on any atom is -0.495 e.